The number of non-ortho nitro benzene ring substituents is 1. The van der Waals surface area contributed by atoms with Gasteiger partial charge < -0.3 is 5.11 Å². The van der Waals surface area contributed by atoms with Gasteiger partial charge in [0.05, 0.1) is 11.0 Å². The molecule has 0 saturated heterocycles. The standard InChI is InChI=1S/C15H13ClN2O3/c1-10(11-3-2-4-13(16)7-11)17-9-12-8-14(18(20)21)5-6-15(12)19/h2-10,19H,1H3/p-1/t10-/m0/s1. The van der Waals surface area contributed by atoms with Crippen LogP contribution >= 0.6 is 11.6 Å². The molecule has 6 heteroatoms. The molecule has 0 fully saturated rings. The van der Waals surface area contributed by atoms with Gasteiger partial charge in [-0.25, -0.2) is 0 Å². The topological polar surface area (TPSA) is 78.6 Å². The summed E-state index contributed by atoms with van der Waals surface area (Å²) in [6.45, 7) is 1.85. The van der Waals surface area contributed by atoms with Gasteiger partial charge >= 0.3 is 0 Å². The molecule has 108 valence electrons. The molecule has 0 aliphatic carbocycles. The average molecular weight is 304 g/mol. The summed E-state index contributed by atoms with van der Waals surface area (Å²) in [4.78, 5) is 14.4. The van der Waals surface area contributed by atoms with Crippen LogP contribution in [0.5, 0.6) is 5.75 Å². The fourth-order valence-corrected chi connectivity index (χ4v) is 1.99. The smallest absolute Gasteiger partial charge is 0.270 e. The van der Waals surface area contributed by atoms with Crippen LogP contribution in [0.2, 0.25) is 5.02 Å². The first-order valence-electron chi connectivity index (χ1n) is 6.21. The Balaban J connectivity index is 2.24. The lowest BCUT2D eigenvalue weighted by molar-refractivity contribution is -0.385. The van der Waals surface area contributed by atoms with Crippen molar-refractivity contribution in [2.75, 3.05) is 0 Å². The number of hydrogen-bond acceptors (Lipinski definition) is 4. The third kappa shape index (κ3) is 3.79. The van der Waals surface area contributed by atoms with Gasteiger partial charge in [-0.1, -0.05) is 35.5 Å². The van der Waals surface area contributed by atoms with E-state index in [-0.39, 0.29) is 23.0 Å². The summed E-state index contributed by atoms with van der Waals surface area (Å²) in [5, 5.41) is 23.0. The number of nitrogens with zero attached hydrogens (tertiary/aromatic N) is 2. The van der Waals surface area contributed by atoms with Gasteiger partial charge in [0, 0.05) is 23.4 Å². The first-order chi connectivity index (χ1) is 9.97. The first-order valence-corrected chi connectivity index (χ1v) is 6.59. The number of aliphatic imine (C=N–C) groups is 1. The third-order valence-corrected chi connectivity index (χ3v) is 3.21. The SMILES string of the molecule is C[C@H](N=Cc1cc([N+](=O)[O-])ccc1[O-])c1cccc(Cl)c1. The Hall–Kier alpha value is -2.40. The van der Waals surface area contributed by atoms with E-state index in [9.17, 15) is 15.2 Å². The van der Waals surface area contributed by atoms with Crippen molar-refractivity contribution in [2.24, 2.45) is 4.99 Å². The predicted octanol–water partition coefficient (Wildman–Crippen LogP) is 3.50. The summed E-state index contributed by atoms with van der Waals surface area (Å²) in [6.07, 6.45) is 1.36. The highest BCUT2D eigenvalue weighted by Crippen LogP contribution is 2.22. The number of rotatable bonds is 4. The molecule has 0 aromatic heterocycles. The van der Waals surface area contributed by atoms with E-state index in [4.69, 9.17) is 11.6 Å². The molecule has 0 N–H and O–H groups in total. The third-order valence-electron chi connectivity index (χ3n) is 2.97. The molecule has 0 aliphatic heterocycles. The molecule has 2 aromatic carbocycles. The molecule has 0 saturated carbocycles. The van der Waals surface area contributed by atoms with Crippen molar-refractivity contribution >= 4 is 23.5 Å². The van der Waals surface area contributed by atoms with Crippen molar-refractivity contribution in [3.63, 3.8) is 0 Å². The summed E-state index contributed by atoms with van der Waals surface area (Å²) in [7, 11) is 0. The van der Waals surface area contributed by atoms with E-state index in [1.54, 1.807) is 12.1 Å². The fourth-order valence-electron chi connectivity index (χ4n) is 1.79. The number of nitro benzene ring substituents is 1. The van der Waals surface area contributed by atoms with Crippen LogP contribution in [0.4, 0.5) is 5.69 Å². The van der Waals surface area contributed by atoms with E-state index < -0.39 is 4.92 Å². The fraction of sp³-hybridized carbons (Fsp3) is 0.133. The van der Waals surface area contributed by atoms with Crippen LogP contribution < -0.4 is 5.11 Å². The molecular weight excluding hydrogens is 292 g/mol. The zero-order valence-corrected chi connectivity index (χ0v) is 11.9. The second-order valence-corrected chi connectivity index (χ2v) is 4.92. The molecule has 2 rings (SSSR count). The number of halogens is 1. The minimum atomic E-state index is -0.544. The van der Waals surface area contributed by atoms with Gasteiger partial charge in [0.1, 0.15) is 0 Å². The lowest BCUT2D eigenvalue weighted by Gasteiger charge is -2.10. The summed E-state index contributed by atoms with van der Waals surface area (Å²) in [5.41, 5.74) is 0.959. The van der Waals surface area contributed by atoms with Gasteiger partial charge in [-0.05, 0) is 30.2 Å². The molecule has 0 heterocycles. The van der Waals surface area contributed by atoms with Gasteiger partial charge in [0.25, 0.3) is 5.69 Å². The van der Waals surface area contributed by atoms with Gasteiger partial charge in [-0.3, -0.25) is 15.1 Å². The summed E-state index contributed by atoms with van der Waals surface area (Å²) < 4.78 is 0. The second kappa shape index (κ2) is 6.37. The lowest BCUT2D eigenvalue weighted by atomic mass is 10.1. The van der Waals surface area contributed by atoms with E-state index in [1.807, 2.05) is 19.1 Å². The van der Waals surface area contributed by atoms with Crippen molar-refractivity contribution in [1.82, 2.24) is 0 Å². The minimum absolute atomic E-state index is 0.133. The summed E-state index contributed by atoms with van der Waals surface area (Å²) >= 11 is 5.91. The maximum atomic E-state index is 11.7. The molecule has 0 spiro atoms. The van der Waals surface area contributed by atoms with E-state index in [0.717, 1.165) is 5.56 Å². The molecule has 2 aromatic rings. The van der Waals surface area contributed by atoms with Crippen LogP contribution in [0.15, 0.2) is 47.5 Å². The molecule has 0 amide bonds. The van der Waals surface area contributed by atoms with Gasteiger partial charge in [-0.2, -0.15) is 0 Å². The number of nitro groups is 1. The van der Waals surface area contributed by atoms with Crippen LogP contribution in [-0.4, -0.2) is 11.1 Å². The van der Waals surface area contributed by atoms with Crippen molar-refractivity contribution in [1.29, 1.82) is 0 Å². The largest absolute Gasteiger partial charge is 0.872 e. The van der Waals surface area contributed by atoms with E-state index in [0.29, 0.717) is 5.02 Å². The Labute approximate surface area is 126 Å². The molecular formula is C15H12ClN2O3-. The minimum Gasteiger partial charge on any atom is -0.872 e. The van der Waals surface area contributed by atoms with Crippen LogP contribution in [0, 0.1) is 10.1 Å². The van der Waals surface area contributed by atoms with E-state index >= 15 is 0 Å². The molecule has 0 radical (unpaired) electrons. The van der Waals surface area contributed by atoms with Crippen molar-refractivity contribution < 1.29 is 10.0 Å². The monoisotopic (exact) mass is 303 g/mol. The highest BCUT2D eigenvalue weighted by molar-refractivity contribution is 6.30. The number of hydrogen-bond donors (Lipinski definition) is 0. The Bertz CT molecular complexity index is 701. The zero-order valence-electron chi connectivity index (χ0n) is 11.2. The second-order valence-electron chi connectivity index (χ2n) is 4.49. The van der Waals surface area contributed by atoms with E-state index in [1.165, 1.54) is 24.4 Å². The van der Waals surface area contributed by atoms with Gasteiger partial charge in [0.15, 0.2) is 0 Å². The quantitative estimate of drug-likeness (QED) is 0.492. The highest BCUT2D eigenvalue weighted by atomic mass is 35.5. The molecule has 0 unspecified atom stereocenters. The van der Waals surface area contributed by atoms with Crippen molar-refractivity contribution in [2.45, 2.75) is 13.0 Å². The molecule has 0 aliphatic rings. The molecule has 5 nitrogen and oxygen atoms in total. The maximum Gasteiger partial charge on any atom is 0.270 e. The molecule has 21 heavy (non-hydrogen) atoms. The number of benzene rings is 2. The predicted molar refractivity (Wildman–Crippen MR) is 80.0 cm³/mol. The van der Waals surface area contributed by atoms with Gasteiger partial charge in [0.2, 0.25) is 0 Å². The van der Waals surface area contributed by atoms with Crippen molar-refractivity contribution in [3.05, 3.63) is 68.7 Å². The van der Waals surface area contributed by atoms with Gasteiger partial charge in [-0.15, -0.1) is 0 Å². The Morgan fingerprint density at radius 1 is 1.29 bits per heavy atom. The van der Waals surface area contributed by atoms with Crippen LogP contribution in [0.1, 0.15) is 24.1 Å². The van der Waals surface area contributed by atoms with Crippen LogP contribution in [0.25, 0.3) is 0 Å². The highest BCUT2D eigenvalue weighted by Gasteiger charge is 2.07. The zero-order chi connectivity index (χ0) is 15.4. The summed E-state index contributed by atoms with van der Waals surface area (Å²) in [6, 6.07) is 10.6. The summed E-state index contributed by atoms with van der Waals surface area (Å²) in [5.74, 6) is -0.303. The van der Waals surface area contributed by atoms with Crippen molar-refractivity contribution in [3.8, 4) is 5.75 Å². The van der Waals surface area contributed by atoms with Crippen LogP contribution in [-0.2, 0) is 0 Å². The maximum absolute atomic E-state index is 11.7. The Morgan fingerprint density at radius 2 is 2.05 bits per heavy atom. The first kappa shape index (κ1) is 15.0. The normalized spacial score (nSPS) is 12.5. The Kier molecular flexibility index (Phi) is 4.55. The molecule has 1 atom stereocenters. The lowest BCUT2D eigenvalue weighted by Crippen LogP contribution is -1.99. The Morgan fingerprint density at radius 3 is 2.71 bits per heavy atom. The van der Waals surface area contributed by atoms with E-state index in [2.05, 4.69) is 4.99 Å². The molecule has 0 bridgehead atoms. The van der Waals surface area contributed by atoms with Crippen LogP contribution in [0.3, 0.4) is 0 Å². The average Bonchev–Trinajstić information content (AvgIpc) is 2.45.